The van der Waals surface area contributed by atoms with Gasteiger partial charge in [0.1, 0.15) is 5.82 Å². The van der Waals surface area contributed by atoms with Crippen molar-refractivity contribution in [2.75, 3.05) is 12.9 Å². The van der Waals surface area contributed by atoms with E-state index in [1.807, 2.05) is 13.2 Å². The van der Waals surface area contributed by atoms with E-state index in [9.17, 15) is 4.79 Å². The number of H-pyrrole nitrogens is 1. The van der Waals surface area contributed by atoms with Gasteiger partial charge in [0.25, 0.3) is 5.91 Å². The van der Waals surface area contributed by atoms with Crippen molar-refractivity contribution in [3.8, 4) is 0 Å². The first-order chi connectivity index (χ1) is 8.65. The lowest BCUT2D eigenvalue weighted by atomic mass is 10.2. The fourth-order valence-electron chi connectivity index (χ4n) is 1.72. The minimum atomic E-state index is -0.293. The van der Waals surface area contributed by atoms with Crippen LogP contribution in [0.3, 0.4) is 0 Å². The average molecular weight is 270 g/mol. The molecule has 0 saturated heterocycles. The number of nitrogens with zero attached hydrogens (tertiary/aromatic N) is 2. The monoisotopic (exact) mass is 270 g/mol. The molecule has 0 aromatic carbocycles. The standard InChI is InChI=1S/C11H18N4O2S/c1-6(8(5-16)18-2)12-11(17)10-13-9(14-15-10)7-3-4-7/h6-8,16H,3-5H2,1-2H3,(H,12,17)(H,13,14,15). The third-order valence-electron chi connectivity index (χ3n) is 3.07. The Kier molecular flexibility index (Phi) is 4.23. The molecule has 0 aliphatic heterocycles. The van der Waals surface area contributed by atoms with E-state index in [4.69, 9.17) is 5.11 Å². The van der Waals surface area contributed by atoms with Crippen molar-refractivity contribution in [3.05, 3.63) is 11.6 Å². The lowest BCUT2D eigenvalue weighted by Crippen LogP contribution is -2.41. The van der Waals surface area contributed by atoms with Crippen molar-refractivity contribution in [3.63, 3.8) is 0 Å². The van der Waals surface area contributed by atoms with Gasteiger partial charge in [-0.1, -0.05) is 0 Å². The van der Waals surface area contributed by atoms with Gasteiger partial charge in [-0.15, -0.1) is 5.10 Å². The number of rotatable bonds is 6. The van der Waals surface area contributed by atoms with Crippen LogP contribution in [0.15, 0.2) is 0 Å². The highest BCUT2D eigenvalue weighted by molar-refractivity contribution is 7.99. The van der Waals surface area contributed by atoms with E-state index in [-0.39, 0.29) is 29.6 Å². The van der Waals surface area contributed by atoms with E-state index < -0.39 is 0 Å². The molecule has 6 nitrogen and oxygen atoms in total. The molecule has 1 saturated carbocycles. The molecule has 1 heterocycles. The zero-order valence-corrected chi connectivity index (χ0v) is 11.3. The molecule has 1 fully saturated rings. The molecule has 1 aromatic rings. The number of aromatic nitrogens is 3. The summed E-state index contributed by atoms with van der Waals surface area (Å²) in [6, 6.07) is -0.125. The summed E-state index contributed by atoms with van der Waals surface area (Å²) < 4.78 is 0. The van der Waals surface area contributed by atoms with Crippen LogP contribution >= 0.6 is 11.8 Å². The van der Waals surface area contributed by atoms with Crippen LogP contribution in [0.2, 0.25) is 0 Å². The predicted molar refractivity (Wildman–Crippen MR) is 69.7 cm³/mol. The van der Waals surface area contributed by atoms with E-state index in [1.54, 1.807) is 0 Å². The molecule has 1 amide bonds. The van der Waals surface area contributed by atoms with Crippen LogP contribution in [0.5, 0.6) is 0 Å². The number of aliphatic hydroxyl groups is 1. The SMILES string of the molecule is CSC(CO)C(C)NC(=O)c1n[nH]c(C2CC2)n1. The summed E-state index contributed by atoms with van der Waals surface area (Å²) in [5.74, 6) is 1.14. The van der Waals surface area contributed by atoms with Crippen molar-refractivity contribution in [2.45, 2.75) is 37.0 Å². The Hall–Kier alpha value is -1.08. The lowest BCUT2D eigenvalue weighted by molar-refractivity contribution is 0.0925. The molecule has 18 heavy (non-hydrogen) atoms. The second kappa shape index (κ2) is 5.71. The number of amides is 1. The van der Waals surface area contributed by atoms with Crippen molar-refractivity contribution in [2.24, 2.45) is 0 Å². The minimum Gasteiger partial charge on any atom is -0.395 e. The quantitative estimate of drug-likeness (QED) is 0.701. The zero-order chi connectivity index (χ0) is 13.1. The molecular formula is C11H18N4O2S. The van der Waals surface area contributed by atoms with E-state index in [0.29, 0.717) is 5.92 Å². The number of hydrogen-bond donors (Lipinski definition) is 3. The molecular weight excluding hydrogens is 252 g/mol. The number of aromatic amines is 1. The Balaban J connectivity index is 1.93. The van der Waals surface area contributed by atoms with Gasteiger partial charge in [-0.2, -0.15) is 11.8 Å². The fourth-order valence-corrected chi connectivity index (χ4v) is 2.34. The number of aliphatic hydroxyl groups excluding tert-OH is 1. The van der Waals surface area contributed by atoms with Crippen molar-refractivity contribution in [1.82, 2.24) is 20.5 Å². The summed E-state index contributed by atoms with van der Waals surface area (Å²) in [5, 5.41) is 18.7. The summed E-state index contributed by atoms with van der Waals surface area (Å²) in [4.78, 5) is 16.1. The molecule has 0 spiro atoms. The van der Waals surface area contributed by atoms with Crippen molar-refractivity contribution >= 4 is 17.7 Å². The molecule has 1 aromatic heterocycles. The Bertz CT molecular complexity index is 415. The molecule has 100 valence electrons. The maximum atomic E-state index is 11.9. The van der Waals surface area contributed by atoms with Crippen LogP contribution in [-0.2, 0) is 0 Å². The van der Waals surface area contributed by atoms with E-state index in [2.05, 4.69) is 20.5 Å². The van der Waals surface area contributed by atoms with Crippen LogP contribution in [0.4, 0.5) is 0 Å². The Morgan fingerprint density at radius 3 is 2.94 bits per heavy atom. The van der Waals surface area contributed by atoms with E-state index in [0.717, 1.165) is 18.7 Å². The first kappa shape index (κ1) is 13.4. The summed E-state index contributed by atoms with van der Waals surface area (Å²) in [5.41, 5.74) is 0. The summed E-state index contributed by atoms with van der Waals surface area (Å²) >= 11 is 1.52. The molecule has 1 aliphatic carbocycles. The molecule has 0 radical (unpaired) electrons. The predicted octanol–water partition coefficient (Wildman–Crippen LogP) is 0.524. The van der Waals surface area contributed by atoms with Crippen LogP contribution in [0.25, 0.3) is 0 Å². The van der Waals surface area contributed by atoms with Gasteiger partial charge in [-0.25, -0.2) is 4.98 Å². The third-order valence-corrected chi connectivity index (χ3v) is 4.23. The molecule has 1 aliphatic rings. The highest BCUT2D eigenvalue weighted by Gasteiger charge is 2.28. The highest BCUT2D eigenvalue weighted by atomic mass is 32.2. The first-order valence-electron chi connectivity index (χ1n) is 6.02. The van der Waals surface area contributed by atoms with Crippen LogP contribution in [0, 0.1) is 0 Å². The zero-order valence-electron chi connectivity index (χ0n) is 10.5. The topological polar surface area (TPSA) is 90.9 Å². The summed E-state index contributed by atoms with van der Waals surface area (Å²) in [7, 11) is 0. The summed E-state index contributed by atoms with van der Waals surface area (Å²) in [6.45, 7) is 1.90. The molecule has 7 heteroatoms. The van der Waals surface area contributed by atoms with Crippen molar-refractivity contribution in [1.29, 1.82) is 0 Å². The minimum absolute atomic E-state index is 0.0178. The Morgan fingerprint density at radius 2 is 2.39 bits per heavy atom. The highest BCUT2D eigenvalue weighted by Crippen LogP contribution is 2.37. The Labute approximate surface area is 110 Å². The number of carbonyl (C=O) groups excluding carboxylic acids is 1. The molecule has 0 bridgehead atoms. The van der Waals surface area contributed by atoms with E-state index in [1.165, 1.54) is 11.8 Å². The molecule has 3 N–H and O–H groups in total. The number of thioether (sulfide) groups is 1. The number of carbonyl (C=O) groups is 1. The maximum Gasteiger partial charge on any atom is 0.291 e. The normalized spacial score (nSPS) is 18.4. The second-order valence-corrected chi connectivity index (χ2v) is 5.61. The lowest BCUT2D eigenvalue weighted by Gasteiger charge is -2.20. The van der Waals surface area contributed by atoms with Gasteiger partial charge in [0.15, 0.2) is 0 Å². The smallest absolute Gasteiger partial charge is 0.291 e. The van der Waals surface area contributed by atoms with Gasteiger partial charge in [0.2, 0.25) is 5.82 Å². The van der Waals surface area contributed by atoms with Crippen LogP contribution < -0.4 is 5.32 Å². The second-order valence-electron chi connectivity index (χ2n) is 4.54. The molecule has 2 unspecified atom stereocenters. The van der Waals surface area contributed by atoms with Gasteiger partial charge in [0, 0.05) is 17.2 Å². The van der Waals surface area contributed by atoms with Crippen LogP contribution in [0.1, 0.15) is 42.1 Å². The number of nitrogens with one attached hydrogen (secondary N) is 2. The van der Waals surface area contributed by atoms with E-state index >= 15 is 0 Å². The Morgan fingerprint density at radius 1 is 1.67 bits per heavy atom. The fraction of sp³-hybridized carbons (Fsp3) is 0.727. The number of hydrogen-bond acceptors (Lipinski definition) is 5. The van der Waals surface area contributed by atoms with Gasteiger partial charge in [0.05, 0.1) is 6.61 Å². The largest absolute Gasteiger partial charge is 0.395 e. The van der Waals surface area contributed by atoms with Gasteiger partial charge < -0.3 is 10.4 Å². The molecule has 2 rings (SSSR count). The van der Waals surface area contributed by atoms with Gasteiger partial charge in [-0.05, 0) is 26.0 Å². The third kappa shape index (κ3) is 3.02. The summed E-state index contributed by atoms with van der Waals surface area (Å²) in [6.07, 6.45) is 4.14. The van der Waals surface area contributed by atoms with Crippen molar-refractivity contribution < 1.29 is 9.90 Å². The van der Waals surface area contributed by atoms with Gasteiger partial charge >= 0.3 is 0 Å². The van der Waals surface area contributed by atoms with Gasteiger partial charge in [-0.3, -0.25) is 9.89 Å². The first-order valence-corrected chi connectivity index (χ1v) is 7.31. The maximum absolute atomic E-state index is 11.9. The van der Waals surface area contributed by atoms with Crippen LogP contribution in [-0.4, -0.2) is 50.3 Å². The molecule has 2 atom stereocenters. The average Bonchev–Trinajstić information content (AvgIpc) is 3.08.